The lowest BCUT2D eigenvalue weighted by Crippen LogP contribution is -2.28. The van der Waals surface area contributed by atoms with E-state index in [1.165, 1.54) is 12.1 Å². The largest absolute Gasteiger partial charge is 0.488 e. The van der Waals surface area contributed by atoms with Crippen LogP contribution in [0.3, 0.4) is 0 Å². The summed E-state index contributed by atoms with van der Waals surface area (Å²) in [5.41, 5.74) is 0.412. The van der Waals surface area contributed by atoms with Crippen molar-refractivity contribution >= 4 is 11.6 Å². The van der Waals surface area contributed by atoms with Crippen LogP contribution in [0.4, 0.5) is 10.1 Å². The Labute approximate surface area is 118 Å². The molecule has 112 valence electrons. The van der Waals surface area contributed by atoms with E-state index in [2.05, 4.69) is 10.6 Å². The van der Waals surface area contributed by atoms with E-state index in [0.717, 1.165) is 0 Å². The summed E-state index contributed by atoms with van der Waals surface area (Å²) in [7, 11) is 3.32. The molecule has 0 saturated carbocycles. The lowest BCUT2D eigenvalue weighted by atomic mass is 10.1. The molecule has 0 fully saturated rings. The number of methoxy groups -OCH3 is 1. The molecule has 1 unspecified atom stereocenters. The standard InChI is InChI=1S/C14H21FN2O3/c1-10(9-16-2)14(18)17-11-4-5-13(12(15)8-11)20-7-6-19-3/h4-5,8,10,16H,6-7,9H2,1-3H3,(H,17,18). The van der Waals surface area contributed by atoms with E-state index in [-0.39, 0.29) is 24.2 Å². The Morgan fingerprint density at radius 3 is 2.75 bits per heavy atom. The van der Waals surface area contributed by atoms with Crippen molar-refractivity contribution in [1.82, 2.24) is 5.32 Å². The van der Waals surface area contributed by atoms with Crippen molar-refractivity contribution in [3.8, 4) is 5.75 Å². The number of hydrogen-bond acceptors (Lipinski definition) is 4. The number of benzene rings is 1. The Kier molecular flexibility index (Phi) is 6.97. The van der Waals surface area contributed by atoms with Gasteiger partial charge in [-0.1, -0.05) is 6.92 Å². The van der Waals surface area contributed by atoms with E-state index < -0.39 is 5.82 Å². The van der Waals surface area contributed by atoms with Crippen LogP contribution >= 0.6 is 0 Å². The van der Waals surface area contributed by atoms with Gasteiger partial charge in [0, 0.05) is 31.3 Å². The summed E-state index contributed by atoms with van der Waals surface area (Å²) in [5, 5.41) is 5.58. The second kappa shape index (κ2) is 8.50. The van der Waals surface area contributed by atoms with Crippen LogP contribution in [0.1, 0.15) is 6.92 Å². The quantitative estimate of drug-likeness (QED) is 0.713. The number of halogens is 1. The molecule has 0 aromatic heterocycles. The van der Waals surface area contributed by atoms with Crippen LogP contribution in [0.25, 0.3) is 0 Å². The number of anilines is 1. The predicted octanol–water partition coefficient (Wildman–Crippen LogP) is 1.64. The van der Waals surface area contributed by atoms with Crippen molar-refractivity contribution in [2.45, 2.75) is 6.92 Å². The van der Waals surface area contributed by atoms with Crippen molar-refractivity contribution in [3.05, 3.63) is 24.0 Å². The van der Waals surface area contributed by atoms with Gasteiger partial charge in [0.05, 0.1) is 6.61 Å². The third-order valence-corrected chi connectivity index (χ3v) is 2.70. The van der Waals surface area contributed by atoms with Crippen molar-refractivity contribution in [2.75, 3.05) is 39.2 Å². The molecular formula is C14H21FN2O3. The summed E-state index contributed by atoms with van der Waals surface area (Å²) in [5.74, 6) is -0.726. The molecule has 0 radical (unpaired) electrons. The SMILES string of the molecule is CNCC(C)C(=O)Nc1ccc(OCCOC)c(F)c1. The van der Waals surface area contributed by atoms with Crippen molar-refractivity contribution < 1.29 is 18.7 Å². The van der Waals surface area contributed by atoms with Gasteiger partial charge in [-0.2, -0.15) is 0 Å². The number of hydrogen-bond donors (Lipinski definition) is 2. The number of carbonyl (C=O) groups is 1. The zero-order chi connectivity index (χ0) is 15.0. The molecule has 1 atom stereocenters. The average Bonchev–Trinajstić information content (AvgIpc) is 2.41. The van der Waals surface area contributed by atoms with E-state index >= 15 is 0 Å². The molecular weight excluding hydrogens is 263 g/mol. The number of rotatable bonds is 8. The first-order valence-corrected chi connectivity index (χ1v) is 6.45. The van der Waals surface area contributed by atoms with Crippen LogP contribution in [-0.4, -0.2) is 39.8 Å². The topological polar surface area (TPSA) is 59.6 Å². The van der Waals surface area contributed by atoms with E-state index in [1.807, 2.05) is 0 Å². The molecule has 0 saturated heterocycles. The van der Waals surface area contributed by atoms with Gasteiger partial charge in [-0.15, -0.1) is 0 Å². The minimum atomic E-state index is -0.514. The smallest absolute Gasteiger partial charge is 0.228 e. The molecule has 1 amide bonds. The third-order valence-electron chi connectivity index (χ3n) is 2.70. The highest BCUT2D eigenvalue weighted by Crippen LogP contribution is 2.21. The van der Waals surface area contributed by atoms with Gasteiger partial charge in [0.15, 0.2) is 11.6 Å². The van der Waals surface area contributed by atoms with Crippen LogP contribution in [0.5, 0.6) is 5.75 Å². The van der Waals surface area contributed by atoms with Gasteiger partial charge in [0.25, 0.3) is 0 Å². The van der Waals surface area contributed by atoms with Crippen molar-refractivity contribution in [3.63, 3.8) is 0 Å². The monoisotopic (exact) mass is 284 g/mol. The maximum Gasteiger partial charge on any atom is 0.228 e. The molecule has 1 aromatic carbocycles. The Morgan fingerprint density at radius 1 is 1.40 bits per heavy atom. The fourth-order valence-corrected chi connectivity index (χ4v) is 1.59. The highest BCUT2D eigenvalue weighted by Gasteiger charge is 2.13. The van der Waals surface area contributed by atoms with E-state index in [4.69, 9.17) is 9.47 Å². The molecule has 0 bridgehead atoms. The van der Waals surface area contributed by atoms with E-state index in [1.54, 1.807) is 27.1 Å². The molecule has 0 spiro atoms. The molecule has 1 rings (SSSR count). The predicted molar refractivity (Wildman–Crippen MR) is 75.5 cm³/mol. The lowest BCUT2D eigenvalue weighted by Gasteiger charge is -2.12. The average molecular weight is 284 g/mol. The molecule has 0 aliphatic rings. The second-order valence-corrected chi connectivity index (χ2v) is 4.43. The Bertz CT molecular complexity index is 440. The molecule has 0 heterocycles. The maximum absolute atomic E-state index is 13.7. The van der Waals surface area contributed by atoms with Crippen LogP contribution in [0.15, 0.2) is 18.2 Å². The van der Waals surface area contributed by atoms with Gasteiger partial charge in [-0.3, -0.25) is 4.79 Å². The summed E-state index contributed by atoms with van der Waals surface area (Å²) < 4.78 is 23.8. The minimum absolute atomic E-state index is 0.142. The summed E-state index contributed by atoms with van der Waals surface area (Å²) in [4.78, 5) is 11.8. The van der Waals surface area contributed by atoms with Crippen molar-refractivity contribution in [1.29, 1.82) is 0 Å². The Balaban J connectivity index is 2.60. The summed E-state index contributed by atoms with van der Waals surface area (Å²) >= 11 is 0. The number of nitrogens with one attached hydrogen (secondary N) is 2. The zero-order valence-corrected chi connectivity index (χ0v) is 12.0. The molecule has 0 aliphatic carbocycles. The molecule has 1 aromatic rings. The summed E-state index contributed by atoms with van der Waals surface area (Å²) in [6.07, 6.45) is 0. The first-order valence-electron chi connectivity index (χ1n) is 6.45. The minimum Gasteiger partial charge on any atom is -0.488 e. The first kappa shape index (κ1) is 16.4. The first-order chi connectivity index (χ1) is 9.58. The van der Waals surface area contributed by atoms with Gasteiger partial charge >= 0.3 is 0 Å². The van der Waals surface area contributed by atoms with Gasteiger partial charge in [-0.05, 0) is 19.2 Å². The molecule has 0 aliphatic heterocycles. The van der Waals surface area contributed by atoms with Crippen LogP contribution in [0.2, 0.25) is 0 Å². The van der Waals surface area contributed by atoms with Crippen LogP contribution in [0, 0.1) is 11.7 Å². The molecule has 20 heavy (non-hydrogen) atoms. The van der Waals surface area contributed by atoms with Crippen LogP contribution < -0.4 is 15.4 Å². The lowest BCUT2D eigenvalue weighted by molar-refractivity contribution is -0.119. The fourth-order valence-electron chi connectivity index (χ4n) is 1.59. The third kappa shape index (κ3) is 5.14. The number of carbonyl (C=O) groups excluding carboxylic acids is 1. The maximum atomic E-state index is 13.7. The number of amides is 1. The van der Waals surface area contributed by atoms with Gasteiger partial charge < -0.3 is 20.1 Å². The second-order valence-electron chi connectivity index (χ2n) is 4.43. The Hall–Kier alpha value is -1.66. The molecule has 6 heteroatoms. The highest BCUT2D eigenvalue weighted by molar-refractivity contribution is 5.92. The van der Waals surface area contributed by atoms with Gasteiger partial charge in [0.2, 0.25) is 5.91 Å². The van der Waals surface area contributed by atoms with E-state index in [0.29, 0.717) is 18.8 Å². The van der Waals surface area contributed by atoms with Gasteiger partial charge in [-0.25, -0.2) is 4.39 Å². The molecule has 5 nitrogen and oxygen atoms in total. The summed E-state index contributed by atoms with van der Waals surface area (Å²) in [6.45, 7) is 3.02. The summed E-state index contributed by atoms with van der Waals surface area (Å²) in [6, 6.07) is 4.34. The normalized spacial score (nSPS) is 12.0. The van der Waals surface area contributed by atoms with E-state index in [9.17, 15) is 9.18 Å². The molecule has 2 N–H and O–H groups in total. The Morgan fingerprint density at radius 2 is 2.15 bits per heavy atom. The highest BCUT2D eigenvalue weighted by atomic mass is 19.1. The fraction of sp³-hybridized carbons (Fsp3) is 0.500. The van der Waals surface area contributed by atoms with Crippen LogP contribution in [-0.2, 0) is 9.53 Å². The van der Waals surface area contributed by atoms with Gasteiger partial charge in [0.1, 0.15) is 6.61 Å². The van der Waals surface area contributed by atoms with Crippen molar-refractivity contribution in [2.24, 2.45) is 5.92 Å². The zero-order valence-electron chi connectivity index (χ0n) is 12.0. The number of ether oxygens (including phenoxy) is 2.